The van der Waals surface area contributed by atoms with Crippen LogP contribution in [-0.4, -0.2) is 6.04 Å². The van der Waals surface area contributed by atoms with E-state index in [1.165, 1.54) is 51.4 Å². The summed E-state index contributed by atoms with van der Waals surface area (Å²) in [6.07, 6.45) is 11.0. The molecule has 2 fully saturated rings. The summed E-state index contributed by atoms with van der Waals surface area (Å²) in [4.78, 5) is 0. The van der Waals surface area contributed by atoms with Crippen LogP contribution in [0.2, 0.25) is 0 Å². The second kappa shape index (κ2) is 5.73. The molecule has 0 radical (unpaired) electrons. The molecule has 0 heterocycles. The number of hydrogen-bond acceptors (Lipinski definition) is 2. The van der Waals surface area contributed by atoms with Crippen molar-refractivity contribution in [3.63, 3.8) is 0 Å². The van der Waals surface area contributed by atoms with Crippen LogP contribution in [0.3, 0.4) is 0 Å². The van der Waals surface area contributed by atoms with E-state index in [2.05, 4.69) is 29.7 Å². The second-order valence-corrected chi connectivity index (χ2v) is 7.72. The monoisotopic (exact) mass is 284 g/mol. The van der Waals surface area contributed by atoms with Gasteiger partial charge in [0.05, 0.1) is 0 Å². The van der Waals surface area contributed by atoms with Crippen molar-refractivity contribution in [3.8, 4) is 0 Å². The van der Waals surface area contributed by atoms with E-state index >= 15 is 0 Å². The molecular formula is C19H28N2. The summed E-state index contributed by atoms with van der Waals surface area (Å²) in [6.45, 7) is 0. The van der Waals surface area contributed by atoms with Crippen LogP contribution in [-0.2, 0) is 12.8 Å². The van der Waals surface area contributed by atoms with Crippen LogP contribution in [0.25, 0.3) is 0 Å². The molecule has 1 aromatic rings. The van der Waals surface area contributed by atoms with Crippen LogP contribution in [0.1, 0.15) is 49.7 Å². The third-order valence-corrected chi connectivity index (χ3v) is 6.61. The lowest BCUT2D eigenvalue weighted by atomic mass is 9.75. The molecule has 0 amide bonds. The Bertz CT molecular complexity index is 498. The molecule has 2 heteroatoms. The highest BCUT2D eigenvalue weighted by Crippen LogP contribution is 2.50. The Labute approximate surface area is 128 Å². The van der Waals surface area contributed by atoms with Crippen LogP contribution >= 0.6 is 0 Å². The molecule has 4 rings (SSSR count). The van der Waals surface area contributed by atoms with Crippen LogP contribution in [0, 0.1) is 23.7 Å². The van der Waals surface area contributed by atoms with Gasteiger partial charge in [0, 0.05) is 6.04 Å². The topological polar surface area (TPSA) is 38.0 Å². The lowest BCUT2D eigenvalue weighted by Crippen LogP contribution is -2.44. The minimum absolute atomic E-state index is 0.516. The molecule has 0 saturated heterocycles. The van der Waals surface area contributed by atoms with Crippen LogP contribution in [0.15, 0.2) is 24.3 Å². The predicted molar refractivity (Wildman–Crippen MR) is 86.6 cm³/mol. The molecule has 2 saturated carbocycles. The minimum atomic E-state index is 0.516. The standard InChI is InChI=1S/C19H28N2/c20-21-19(12-18-10-13-5-6-16(18)9-13)17-8-7-14-3-1-2-4-15(14)11-17/h1-4,13,16-19,21H,5-12,20H2. The second-order valence-electron chi connectivity index (χ2n) is 7.72. The van der Waals surface area contributed by atoms with Crippen LogP contribution in [0.5, 0.6) is 0 Å². The molecule has 5 atom stereocenters. The third-order valence-electron chi connectivity index (χ3n) is 6.61. The Hall–Kier alpha value is -0.860. The van der Waals surface area contributed by atoms with Crippen molar-refractivity contribution < 1.29 is 0 Å². The number of hydrazine groups is 1. The largest absolute Gasteiger partial charge is 0.271 e. The quantitative estimate of drug-likeness (QED) is 0.656. The summed E-state index contributed by atoms with van der Waals surface area (Å²) in [7, 11) is 0. The summed E-state index contributed by atoms with van der Waals surface area (Å²) in [5, 5.41) is 0. The van der Waals surface area contributed by atoms with Crippen molar-refractivity contribution in [1.29, 1.82) is 0 Å². The number of hydrogen-bond donors (Lipinski definition) is 2. The maximum absolute atomic E-state index is 5.95. The van der Waals surface area contributed by atoms with E-state index in [4.69, 9.17) is 5.84 Å². The van der Waals surface area contributed by atoms with Crippen LogP contribution in [0.4, 0.5) is 0 Å². The fourth-order valence-corrected chi connectivity index (χ4v) is 5.46. The molecule has 21 heavy (non-hydrogen) atoms. The molecule has 5 unspecified atom stereocenters. The number of nitrogens with one attached hydrogen (secondary N) is 1. The predicted octanol–water partition coefficient (Wildman–Crippen LogP) is 3.45. The van der Waals surface area contributed by atoms with Gasteiger partial charge in [-0.3, -0.25) is 11.3 Å². The number of nitrogens with two attached hydrogens (primary N) is 1. The molecule has 3 N–H and O–H groups in total. The zero-order chi connectivity index (χ0) is 14.2. The molecule has 3 aliphatic carbocycles. The molecular weight excluding hydrogens is 256 g/mol. The normalized spacial score (nSPS) is 35.7. The van der Waals surface area contributed by atoms with Crippen molar-refractivity contribution in [1.82, 2.24) is 5.43 Å². The highest BCUT2D eigenvalue weighted by Gasteiger charge is 2.41. The van der Waals surface area contributed by atoms with Gasteiger partial charge in [-0.05, 0) is 79.7 Å². The molecule has 114 valence electrons. The van der Waals surface area contributed by atoms with E-state index in [1.54, 1.807) is 11.1 Å². The van der Waals surface area contributed by atoms with Crippen LogP contribution < -0.4 is 11.3 Å². The summed E-state index contributed by atoms with van der Waals surface area (Å²) < 4.78 is 0. The number of benzene rings is 1. The van der Waals surface area contributed by atoms with Gasteiger partial charge in [-0.1, -0.05) is 30.7 Å². The van der Waals surface area contributed by atoms with E-state index in [0.29, 0.717) is 6.04 Å². The first kappa shape index (κ1) is 13.8. The van der Waals surface area contributed by atoms with Gasteiger partial charge in [-0.2, -0.15) is 0 Å². The number of rotatable bonds is 4. The van der Waals surface area contributed by atoms with Crippen molar-refractivity contribution >= 4 is 0 Å². The van der Waals surface area contributed by atoms with Crippen molar-refractivity contribution in [2.45, 2.75) is 57.4 Å². The zero-order valence-corrected chi connectivity index (χ0v) is 12.9. The SMILES string of the molecule is NNC(CC1CC2CCC1C2)C1CCc2ccccc2C1. The third kappa shape index (κ3) is 2.64. The molecule has 2 bridgehead atoms. The number of aryl methyl sites for hydroxylation is 1. The Morgan fingerprint density at radius 1 is 1.10 bits per heavy atom. The van der Waals surface area contributed by atoms with Gasteiger partial charge in [-0.25, -0.2) is 0 Å². The van der Waals surface area contributed by atoms with Gasteiger partial charge in [0.1, 0.15) is 0 Å². The molecule has 1 aromatic carbocycles. The summed E-state index contributed by atoms with van der Waals surface area (Å²) in [5.41, 5.74) is 6.31. The van der Waals surface area contributed by atoms with Gasteiger partial charge < -0.3 is 0 Å². The van der Waals surface area contributed by atoms with Crippen molar-refractivity contribution in [3.05, 3.63) is 35.4 Å². The highest BCUT2D eigenvalue weighted by molar-refractivity contribution is 5.30. The first-order chi connectivity index (χ1) is 10.3. The van der Waals surface area contributed by atoms with E-state index in [9.17, 15) is 0 Å². The van der Waals surface area contributed by atoms with E-state index in [1.807, 2.05) is 0 Å². The van der Waals surface area contributed by atoms with E-state index < -0.39 is 0 Å². The Morgan fingerprint density at radius 2 is 1.95 bits per heavy atom. The molecule has 3 aliphatic rings. The van der Waals surface area contributed by atoms with Gasteiger partial charge in [-0.15, -0.1) is 0 Å². The van der Waals surface area contributed by atoms with Gasteiger partial charge in [0.15, 0.2) is 0 Å². The fraction of sp³-hybridized carbons (Fsp3) is 0.684. The van der Waals surface area contributed by atoms with Crippen molar-refractivity contribution in [2.75, 3.05) is 0 Å². The average Bonchev–Trinajstić information content (AvgIpc) is 3.15. The van der Waals surface area contributed by atoms with Gasteiger partial charge in [0.2, 0.25) is 0 Å². The Balaban J connectivity index is 1.42. The highest BCUT2D eigenvalue weighted by atomic mass is 15.2. The first-order valence-electron chi connectivity index (χ1n) is 8.86. The van der Waals surface area contributed by atoms with Gasteiger partial charge >= 0.3 is 0 Å². The lowest BCUT2D eigenvalue weighted by Gasteiger charge is -2.34. The lowest BCUT2D eigenvalue weighted by molar-refractivity contribution is 0.225. The molecule has 0 aliphatic heterocycles. The summed E-state index contributed by atoms with van der Waals surface area (Å²) in [5.74, 6) is 9.68. The average molecular weight is 284 g/mol. The Morgan fingerprint density at radius 3 is 2.67 bits per heavy atom. The fourth-order valence-electron chi connectivity index (χ4n) is 5.46. The Kier molecular flexibility index (Phi) is 3.76. The number of fused-ring (bicyclic) bond motifs is 3. The van der Waals surface area contributed by atoms with Gasteiger partial charge in [0.25, 0.3) is 0 Å². The molecule has 2 nitrogen and oxygen atoms in total. The molecule has 0 aromatic heterocycles. The van der Waals surface area contributed by atoms with E-state index in [-0.39, 0.29) is 0 Å². The summed E-state index contributed by atoms with van der Waals surface area (Å²) in [6, 6.07) is 9.48. The summed E-state index contributed by atoms with van der Waals surface area (Å²) >= 11 is 0. The molecule has 0 spiro atoms. The van der Waals surface area contributed by atoms with E-state index in [0.717, 1.165) is 23.7 Å². The minimum Gasteiger partial charge on any atom is -0.271 e. The maximum atomic E-state index is 5.95. The smallest absolute Gasteiger partial charge is 0.0244 e. The maximum Gasteiger partial charge on any atom is 0.0244 e. The van der Waals surface area contributed by atoms with Crippen molar-refractivity contribution in [2.24, 2.45) is 29.5 Å². The first-order valence-corrected chi connectivity index (χ1v) is 8.86. The zero-order valence-electron chi connectivity index (χ0n) is 12.9.